The fourth-order valence-corrected chi connectivity index (χ4v) is 2.92. The zero-order valence-corrected chi connectivity index (χ0v) is 13.5. The van der Waals surface area contributed by atoms with Crippen molar-refractivity contribution in [2.75, 3.05) is 25.9 Å². The second-order valence-electron chi connectivity index (χ2n) is 5.27. The second-order valence-corrected chi connectivity index (χ2v) is 6.15. The van der Waals surface area contributed by atoms with Gasteiger partial charge in [0.25, 0.3) is 5.91 Å². The Hall–Kier alpha value is -1.49. The van der Waals surface area contributed by atoms with E-state index in [0.29, 0.717) is 18.5 Å². The Labute approximate surface area is 130 Å². The molecule has 21 heavy (non-hydrogen) atoms. The summed E-state index contributed by atoms with van der Waals surface area (Å²) in [6.07, 6.45) is 4.56. The van der Waals surface area contributed by atoms with Crippen molar-refractivity contribution in [2.45, 2.75) is 31.1 Å². The van der Waals surface area contributed by atoms with Crippen LogP contribution in [0.1, 0.15) is 35.2 Å². The molecule has 1 aromatic rings. The van der Waals surface area contributed by atoms with Gasteiger partial charge in [0.2, 0.25) is 5.91 Å². The molecule has 0 saturated carbocycles. The molecule has 4 nitrogen and oxygen atoms in total. The first-order valence-electron chi connectivity index (χ1n) is 7.32. The van der Waals surface area contributed by atoms with E-state index in [2.05, 4.69) is 5.32 Å². The van der Waals surface area contributed by atoms with Crippen molar-refractivity contribution in [2.24, 2.45) is 0 Å². The minimum Gasteiger partial charge on any atom is -0.352 e. The molecule has 0 atom stereocenters. The summed E-state index contributed by atoms with van der Waals surface area (Å²) in [4.78, 5) is 27.0. The van der Waals surface area contributed by atoms with Gasteiger partial charge in [-0.1, -0.05) is 6.07 Å². The van der Waals surface area contributed by atoms with Crippen molar-refractivity contribution in [1.29, 1.82) is 0 Å². The van der Waals surface area contributed by atoms with E-state index in [9.17, 15) is 9.59 Å². The number of thioether (sulfide) groups is 1. The van der Waals surface area contributed by atoms with E-state index in [1.807, 2.05) is 36.3 Å². The summed E-state index contributed by atoms with van der Waals surface area (Å²) < 4.78 is 0. The van der Waals surface area contributed by atoms with E-state index in [1.54, 1.807) is 11.8 Å². The lowest BCUT2D eigenvalue weighted by Crippen LogP contribution is -2.32. The molecule has 0 unspecified atom stereocenters. The van der Waals surface area contributed by atoms with Crippen LogP contribution in [0.4, 0.5) is 0 Å². The van der Waals surface area contributed by atoms with Gasteiger partial charge in [0, 0.05) is 36.5 Å². The molecule has 1 N–H and O–H groups in total. The molecule has 0 spiro atoms. The number of nitrogens with one attached hydrogen (secondary N) is 1. The molecule has 0 radical (unpaired) electrons. The summed E-state index contributed by atoms with van der Waals surface area (Å²) in [6, 6.07) is 5.86. The van der Waals surface area contributed by atoms with Gasteiger partial charge in [-0.3, -0.25) is 9.59 Å². The first-order chi connectivity index (χ1) is 10.1. The summed E-state index contributed by atoms with van der Waals surface area (Å²) in [6.45, 7) is 4.05. The minimum absolute atomic E-state index is 0.0994. The Morgan fingerprint density at radius 1 is 1.29 bits per heavy atom. The van der Waals surface area contributed by atoms with Gasteiger partial charge in [-0.15, -0.1) is 11.8 Å². The fraction of sp³-hybridized carbons (Fsp3) is 0.500. The monoisotopic (exact) mass is 306 g/mol. The number of nitrogens with zero attached hydrogens (tertiary/aromatic N) is 1. The molecular formula is C16H22N2O2S. The lowest BCUT2D eigenvalue weighted by Gasteiger charge is -2.15. The molecule has 1 aliphatic heterocycles. The zero-order valence-electron chi connectivity index (χ0n) is 12.6. The van der Waals surface area contributed by atoms with Crippen LogP contribution >= 0.6 is 11.8 Å². The van der Waals surface area contributed by atoms with Crippen molar-refractivity contribution in [1.82, 2.24) is 10.2 Å². The molecule has 1 heterocycles. The van der Waals surface area contributed by atoms with Gasteiger partial charge in [0.15, 0.2) is 0 Å². The third-order valence-electron chi connectivity index (χ3n) is 3.77. The minimum atomic E-state index is -0.0994. The van der Waals surface area contributed by atoms with E-state index >= 15 is 0 Å². The van der Waals surface area contributed by atoms with Crippen LogP contribution < -0.4 is 5.32 Å². The topological polar surface area (TPSA) is 49.4 Å². The van der Waals surface area contributed by atoms with Gasteiger partial charge in [-0.2, -0.15) is 0 Å². The first-order valence-corrected chi connectivity index (χ1v) is 8.55. The quantitative estimate of drug-likeness (QED) is 0.850. The number of amides is 2. The maximum Gasteiger partial charge on any atom is 0.251 e. The number of hydrogen-bond donors (Lipinski definition) is 1. The van der Waals surface area contributed by atoms with Crippen LogP contribution in [-0.4, -0.2) is 42.6 Å². The van der Waals surface area contributed by atoms with Crippen LogP contribution in [0.15, 0.2) is 23.1 Å². The first kappa shape index (κ1) is 15.9. The highest BCUT2D eigenvalue weighted by Gasteiger charge is 2.17. The molecule has 2 amide bonds. The number of likely N-dealkylation sites (tertiary alicyclic amines) is 1. The van der Waals surface area contributed by atoms with Crippen LogP contribution in [-0.2, 0) is 4.79 Å². The number of benzene rings is 1. The third kappa shape index (κ3) is 4.24. The molecule has 1 saturated heterocycles. The van der Waals surface area contributed by atoms with Gasteiger partial charge in [0.1, 0.15) is 0 Å². The fourth-order valence-electron chi connectivity index (χ4n) is 2.48. The van der Waals surface area contributed by atoms with Crippen molar-refractivity contribution >= 4 is 23.6 Å². The molecule has 1 fully saturated rings. The van der Waals surface area contributed by atoms with Gasteiger partial charge in [-0.05, 0) is 43.7 Å². The highest BCUT2D eigenvalue weighted by Crippen LogP contribution is 2.19. The normalized spacial score (nSPS) is 14.3. The maximum atomic E-state index is 12.2. The van der Waals surface area contributed by atoms with Gasteiger partial charge in [0.05, 0.1) is 0 Å². The van der Waals surface area contributed by atoms with Crippen LogP contribution in [0.5, 0.6) is 0 Å². The summed E-state index contributed by atoms with van der Waals surface area (Å²) in [5, 5.41) is 2.85. The van der Waals surface area contributed by atoms with E-state index in [0.717, 1.165) is 36.4 Å². The molecule has 2 rings (SSSR count). The van der Waals surface area contributed by atoms with Gasteiger partial charge < -0.3 is 10.2 Å². The number of hydrogen-bond acceptors (Lipinski definition) is 3. The van der Waals surface area contributed by atoms with Crippen molar-refractivity contribution in [3.05, 3.63) is 29.3 Å². The van der Waals surface area contributed by atoms with Gasteiger partial charge in [-0.25, -0.2) is 0 Å². The molecule has 5 heteroatoms. The summed E-state index contributed by atoms with van der Waals surface area (Å²) in [5.41, 5.74) is 1.65. The number of aryl methyl sites for hydroxylation is 1. The summed E-state index contributed by atoms with van der Waals surface area (Å²) in [5.74, 6) is 0.0417. The van der Waals surface area contributed by atoms with E-state index in [-0.39, 0.29) is 11.8 Å². The largest absolute Gasteiger partial charge is 0.352 e. The Bertz CT molecular complexity index is 525. The van der Waals surface area contributed by atoms with Crippen molar-refractivity contribution in [3.8, 4) is 0 Å². The molecule has 0 aromatic heterocycles. The third-order valence-corrected chi connectivity index (χ3v) is 4.50. The van der Waals surface area contributed by atoms with E-state index in [4.69, 9.17) is 0 Å². The van der Waals surface area contributed by atoms with Crippen molar-refractivity contribution in [3.63, 3.8) is 0 Å². The highest BCUT2D eigenvalue weighted by atomic mass is 32.2. The average molecular weight is 306 g/mol. The average Bonchev–Trinajstić information content (AvgIpc) is 3.01. The summed E-state index contributed by atoms with van der Waals surface area (Å²) >= 11 is 1.61. The Morgan fingerprint density at radius 3 is 2.67 bits per heavy atom. The zero-order chi connectivity index (χ0) is 15.2. The Kier molecular flexibility index (Phi) is 5.67. The predicted molar refractivity (Wildman–Crippen MR) is 85.7 cm³/mol. The predicted octanol–water partition coefficient (Wildman–Crippen LogP) is 2.46. The van der Waals surface area contributed by atoms with Crippen molar-refractivity contribution < 1.29 is 9.59 Å². The number of carbonyl (C=O) groups excluding carboxylic acids is 2. The maximum absolute atomic E-state index is 12.2. The highest BCUT2D eigenvalue weighted by molar-refractivity contribution is 7.98. The molecule has 0 bridgehead atoms. The molecule has 114 valence electrons. The molecular weight excluding hydrogens is 284 g/mol. The molecule has 0 aliphatic carbocycles. The van der Waals surface area contributed by atoms with Gasteiger partial charge >= 0.3 is 0 Å². The Morgan fingerprint density at radius 2 is 2.00 bits per heavy atom. The molecule has 1 aliphatic rings. The lowest BCUT2D eigenvalue weighted by molar-refractivity contribution is -0.129. The number of carbonyl (C=O) groups is 2. The smallest absolute Gasteiger partial charge is 0.251 e. The SMILES string of the molecule is CSc1ccc(C)c(C(=O)NCCC(=O)N2CCCC2)c1. The lowest BCUT2D eigenvalue weighted by atomic mass is 10.1. The molecule has 1 aromatic carbocycles. The summed E-state index contributed by atoms with van der Waals surface area (Å²) in [7, 11) is 0. The van der Waals surface area contributed by atoms with Crippen LogP contribution in [0.25, 0.3) is 0 Å². The van der Waals surface area contributed by atoms with E-state index < -0.39 is 0 Å². The number of rotatable bonds is 5. The van der Waals surface area contributed by atoms with Crippen LogP contribution in [0, 0.1) is 6.92 Å². The van der Waals surface area contributed by atoms with E-state index in [1.165, 1.54) is 0 Å². The Balaban J connectivity index is 1.85. The van der Waals surface area contributed by atoms with Crippen LogP contribution in [0.3, 0.4) is 0 Å². The standard InChI is InChI=1S/C16H22N2O2S/c1-12-5-6-13(21-2)11-14(12)16(20)17-8-7-15(19)18-9-3-4-10-18/h5-6,11H,3-4,7-10H2,1-2H3,(H,17,20). The second kappa shape index (κ2) is 7.50. The van der Waals surface area contributed by atoms with Crippen LogP contribution in [0.2, 0.25) is 0 Å².